The summed E-state index contributed by atoms with van der Waals surface area (Å²) in [4.78, 5) is 29.7. The molecule has 1 atom stereocenters. The zero-order valence-electron chi connectivity index (χ0n) is 16.3. The van der Waals surface area contributed by atoms with E-state index in [0.717, 1.165) is 31.8 Å². The first-order valence-corrected chi connectivity index (χ1v) is 9.43. The van der Waals surface area contributed by atoms with Crippen LogP contribution in [0.1, 0.15) is 37.6 Å². The number of ether oxygens (including phenoxy) is 1. The molecule has 144 valence electrons. The number of hydrogen-bond donors (Lipinski definition) is 1. The molecule has 1 saturated heterocycles. The number of carbonyl (C=O) groups is 2. The molecule has 6 heteroatoms. The van der Waals surface area contributed by atoms with E-state index in [1.165, 1.54) is 0 Å². The number of nitrogens with one attached hydrogen (secondary N) is 1. The highest BCUT2D eigenvalue weighted by atomic mass is 16.5. The highest BCUT2D eigenvalue weighted by Gasteiger charge is 2.29. The largest absolute Gasteiger partial charge is 0.494 e. The average molecular weight is 361 g/mol. The molecule has 0 spiro atoms. The van der Waals surface area contributed by atoms with Crippen LogP contribution in [0.5, 0.6) is 5.75 Å². The Morgan fingerprint density at radius 3 is 2.42 bits per heavy atom. The molecule has 1 aliphatic heterocycles. The first-order chi connectivity index (χ1) is 12.4. The summed E-state index contributed by atoms with van der Waals surface area (Å²) in [7, 11) is 2.07. The minimum atomic E-state index is -0.516. The number of hydrogen-bond acceptors (Lipinski definition) is 4. The maximum absolute atomic E-state index is 13.0. The van der Waals surface area contributed by atoms with Crippen LogP contribution in [-0.4, -0.2) is 67.5 Å². The third-order valence-corrected chi connectivity index (χ3v) is 4.68. The first-order valence-electron chi connectivity index (χ1n) is 9.43. The normalized spacial score (nSPS) is 16.9. The van der Waals surface area contributed by atoms with Gasteiger partial charge in [-0.2, -0.15) is 0 Å². The minimum absolute atomic E-state index is 0.00888. The minimum Gasteiger partial charge on any atom is -0.494 e. The van der Waals surface area contributed by atoms with Crippen molar-refractivity contribution in [1.29, 1.82) is 0 Å². The number of carbonyl (C=O) groups excluding carboxylic acids is 2. The second-order valence-electron chi connectivity index (χ2n) is 7.13. The molecule has 0 unspecified atom stereocenters. The van der Waals surface area contributed by atoms with Gasteiger partial charge in [-0.3, -0.25) is 9.59 Å². The predicted molar refractivity (Wildman–Crippen MR) is 102 cm³/mol. The molecular weight excluding hydrogens is 330 g/mol. The summed E-state index contributed by atoms with van der Waals surface area (Å²) in [6, 6.07) is 6.48. The van der Waals surface area contributed by atoms with Crippen molar-refractivity contribution in [3.63, 3.8) is 0 Å². The van der Waals surface area contributed by atoms with E-state index in [0.29, 0.717) is 18.7 Å². The van der Waals surface area contributed by atoms with Crippen molar-refractivity contribution < 1.29 is 14.3 Å². The van der Waals surface area contributed by atoms with Crippen LogP contribution in [0.15, 0.2) is 24.3 Å². The van der Waals surface area contributed by atoms with Gasteiger partial charge in [0, 0.05) is 25.2 Å². The number of nitrogens with zero attached hydrogens (tertiary/aromatic N) is 2. The van der Waals surface area contributed by atoms with Gasteiger partial charge in [-0.1, -0.05) is 13.8 Å². The van der Waals surface area contributed by atoms with E-state index < -0.39 is 6.04 Å². The Labute approximate surface area is 156 Å². The summed E-state index contributed by atoms with van der Waals surface area (Å²) in [5, 5.41) is 2.93. The number of benzene rings is 1. The molecule has 1 N–H and O–H groups in total. The molecule has 1 aliphatic rings. The summed E-state index contributed by atoms with van der Waals surface area (Å²) in [5.74, 6) is 0.533. The third-order valence-electron chi connectivity index (χ3n) is 4.68. The van der Waals surface area contributed by atoms with E-state index in [1.807, 2.05) is 25.7 Å². The monoisotopic (exact) mass is 361 g/mol. The van der Waals surface area contributed by atoms with Crippen LogP contribution in [0, 0.1) is 5.92 Å². The number of amides is 2. The molecule has 1 fully saturated rings. The Hall–Kier alpha value is -2.08. The van der Waals surface area contributed by atoms with Gasteiger partial charge in [0.25, 0.3) is 5.91 Å². The summed E-state index contributed by atoms with van der Waals surface area (Å²) in [6.07, 6.45) is 0.958. The molecule has 0 aliphatic carbocycles. The lowest BCUT2D eigenvalue weighted by Crippen LogP contribution is -2.52. The molecule has 0 saturated carbocycles. The predicted octanol–water partition coefficient (Wildman–Crippen LogP) is 2.00. The second kappa shape index (κ2) is 9.57. The van der Waals surface area contributed by atoms with E-state index in [4.69, 9.17) is 4.74 Å². The van der Waals surface area contributed by atoms with Crippen molar-refractivity contribution in [1.82, 2.24) is 15.1 Å². The SMILES string of the molecule is CCOc1ccc(C(=O)N[C@H](C(=O)N2CCCN(C)CC2)C(C)C)cc1. The molecule has 1 aromatic carbocycles. The van der Waals surface area contributed by atoms with Gasteiger partial charge in [-0.25, -0.2) is 0 Å². The lowest BCUT2D eigenvalue weighted by Gasteiger charge is -2.29. The van der Waals surface area contributed by atoms with Gasteiger partial charge in [0.2, 0.25) is 5.91 Å². The van der Waals surface area contributed by atoms with Gasteiger partial charge in [-0.15, -0.1) is 0 Å². The molecular formula is C20H31N3O3. The first kappa shape index (κ1) is 20.2. The molecule has 0 bridgehead atoms. The fourth-order valence-electron chi connectivity index (χ4n) is 3.07. The zero-order chi connectivity index (χ0) is 19.1. The maximum Gasteiger partial charge on any atom is 0.251 e. The van der Waals surface area contributed by atoms with Crippen LogP contribution in [0.3, 0.4) is 0 Å². The molecule has 1 heterocycles. The van der Waals surface area contributed by atoms with Crippen LogP contribution in [0.25, 0.3) is 0 Å². The molecule has 26 heavy (non-hydrogen) atoms. The van der Waals surface area contributed by atoms with E-state index in [-0.39, 0.29) is 17.7 Å². The average Bonchev–Trinajstić information content (AvgIpc) is 2.84. The van der Waals surface area contributed by atoms with Gasteiger partial charge in [0.1, 0.15) is 11.8 Å². The van der Waals surface area contributed by atoms with Crippen molar-refractivity contribution in [3.8, 4) is 5.75 Å². The van der Waals surface area contributed by atoms with Gasteiger partial charge in [0.05, 0.1) is 6.61 Å². The van der Waals surface area contributed by atoms with Crippen molar-refractivity contribution >= 4 is 11.8 Å². The molecule has 0 radical (unpaired) electrons. The summed E-state index contributed by atoms with van der Waals surface area (Å²) < 4.78 is 5.40. The topological polar surface area (TPSA) is 61.9 Å². The zero-order valence-corrected chi connectivity index (χ0v) is 16.3. The number of likely N-dealkylation sites (N-methyl/N-ethyl adjacent to an activating group) is 1. The Kier molecular flexibility index (Phi) is 7.45. The summed E-state index contributed by atoms with van der Waals surface area (Å²) >= 11 is 0. The molecule has 2 rings (SSSR count). The summed E-state index contributed by atoms with van der Waals surface area (Å²) in [6.45, 7) is 9.73. The van der Waals surface area contributed by atoms with Gasteiger partial charge in [-0.05, 0) is 57.1 Å². The molecule has 2 amide bonds. The van der Waals surface area contributed by atoms with Gasteiger partial charge < -0.3 is 19.9 Å². The van der Waals surface area contributed by atoms with Crippen LogP contribution < -0.4 is 10.1 Å². The van der Waals surface area contributed by atoms with Crippen LogP contribution in [-0.2, 0) is 4.79 Å². The Morgan fingerprint density at radius 1 is 1.12 bits per heavy atom. The van der Waals surface area contributed by atoms with E-state index >= 15 is 0 Å². The van der Waals surface area contributed by atoms with Crippen molar-refractivity contribution in [2.24, 2.45) is 5.92 Å². The fourth-order valence-corrected chi connectivity index (χ4v) is 3.07. The van der Waals surface area contributed by atoms with Crippen LogP contribution >= 0.6 is 0 Å². The van der Waals surface area contributed by atoms with Crippen molar-refractivity contribution in [3.05, 3.63) is 29.8 Å². The summed E-state index contributed by atoms with van der Waals surface area (Å²) in [5.41, 5.74) is 0.530. The lowest BCUT2D eigenvalue weighted by atomic mass is 10.0. The van der Waals surface area contributed by atoms with Gasteiger partial charge >= 0.3 is 0 Å². The second-order valence-corrected chi connectivity index (χ2v) is 7.13. The maximum atomic E-state index is 13.0. The van der Waals surface area contributed by atoms with Crippen molar-refractivity contribution in [2.45, 2.75) is 33.2 Å². The lowest BCUT2D eigenvalue weighted by molar-refractivity contribution is -0.134. The smallest absolute Gasteiger partial charge is 0.251 e. The van der Waals surface area contributed by atoms with Crippen molar-refractivity contribution in [2.75, 3.05) is 39.8 Å². The Bertz CT molecular complexity index is 601. The molecule has 1 aromatic rings. The third kappa shape index (κ3) is 5.46. The number of rotatable bonds is 6. The van der Waals surface area contributed by atoms with Crippen LogP contribution in [0.4, 0.5) is 0 Å². The fraction of sp³-hybridized carbons (Fsp3) is 0.600. The quantitative estimate of drug-likeness (QED) is 0.842. The molecule has 6 nitrogen and oxygen atoms in total. The van der Waals surface area contributed by atoms with Gasteiger partial charge in [0.15, 0.2) is 0 Å². The standard InChI is InChI=1S/C20H31N3O3/c1-5-26-17-9-7-16(8-10-17)19(24)21-18(15(2)3)20(25)23-12-6-11-22(4)13-14-23/h7-10,15,18H,5-6,11-14H2,1-4H3,(H,21,24)/t18-/m0/s1. The van der Waals surface area contributed by atoms with E-state index in [2.05, 4.69) is 17.3 Å². The van der Waals surface area contributed by atoms with E-state index in [9.17, 15) is 9.59 Å². The molecule has 0 aromatic heterocycles. The van der Waals surface area contributed by atoms with Crippen LogP contribution in [0.2, 0.25) is 0 Å². The Balaban J connectivity index is 2.04. The Morgan fingerprint density at radius 2 is 1.81 bits per heavy atom. The van der Waals surface area contributed by atoms with E-state index in [1.54, 1.807) is 24.3 Å². The highest BCUT2D eigenvalue weighted by Crippen LogP contribution is 2.14. The highest BCUT2D eigenvalue weighted by molar-refractivity contribution is 5.97.